The molecule has 0 aromatic heterocycles. The van der Waals surface area contributed by atoms with Crippen LogP contribution in [0.25, 0.3) is 0 Å². The number of oxime groups is 1. The fourth-order valence-corrected chi connectivity index (χ4v) is 1.07. The average molecular weight is 212 g/mol. The van der Waals surface area contributed by atoms with Gasteiger partial charge in [-0.2, -0.15) is 0 Å². The largest absolute Gasteiger partial charge is 0.399 e. The van der Waals surface area contributed by atoms with Crippen LogP contribution in [0.5, 0.6) is 0 Å². The lowest BCUT2D eigenvalue weighted by molar-refractivity contribution is 0.1000. The molecular formula is C10H10ClNO2. The van der Waals surface area contributed by atoms with E-state index in [1.807, 2.05) is 0 Å². The fourth-order valence-electron chi connectivity index (χ4n) is 0.948. The summed E-state index contributed by atoms with van der Waals surface area (Å²) in [7, 11) is 1.43. The molecule has 0 bridgehead atoms. The molecule has 0 heterocycles. The van der Waals surface area contributed by atoms with Gasteiger partial charge in [0.1, 0.15) is 7.11 Å². The monoisotopic (exact) mass is 211 g/mol. The SMILES string of the molecule is CO/N=C\CC(=O)c1ccc(Cl)cc1. The van der Waals surface area contributed by atoms with Gasteiger partial charge in [0.05, 0.1) is 6.21 Å². The van der Waals surface area contributed by atoms with Crippen LogP contribution in [0.4, 0.5) is 0 Å². The molecule has 0 aliphatic carbocycles. The van der Waals surface area contributed by atoms with E-state index >= 15 is 0 Å². The molecule has 0 radical (unpaired) electrons. The van der Waals surface area contributed by atoms with Gasteiger partial charge < -0.3 is 4.84 Å². The first-order valence-electron chi connectivity index (χ1n) is 4.08. The van der Waals surface area contributed by atoms with Crippen molar-refractivity contribution in [2.75, 3.05) is 7.11 Å². The predicted molar refractivity (Wildman–Crippen MR) is 55.9 cm³/mol. The van der Waals surface area contributed by atoms with Crippen molar-refractivity contribution in [2.24, 2.45) is 5.16 Å². The molecule has 0 aliphatic rings. The number of hydrogen-bond donors (Lipinski definition) is 0. The molecule has 0 aliphatic heterocycles. The molecule has 14 heavy (non-hydrogen) atoms. The summed E-state index contributed by atoms with van der Waals surface area (Å²) in [6.07, 6.45) is 1.66. The Balaban J connectivity index is 2.61. The molecule has 0 unspecified atom stereocenters. The molecule has 0 amide bonds. The zero-order valence-electron chi connectivity index (χ0n) is 7.74. The summed E-state index contributed by atoms with van der Waals surface area (Å²) >= 11 is 5.69. The summed E-state index contributed by atoms with van der Waals surface area (Å²) in [5, 5.41) is 4.10. The molecule has 0 N–H and O–H groups in total. The van der Waals surface area contributed by atoms with Crippen LogP contribution in [0.3, 0.4) is 0 Å². The molecule has 1 rings (SSSR count). The Morgan fingerprint density at radius 3 is 2.71 bits per heavy atom. The molecule has 0 fully saturated rings. The van der Waals surface area contributed by atoms with Crippen molar-refractivity contribution in [1.82, 2.24) is 0 Å². The van der Waals surface area contributed by atoms with Crippen molar-refractivity contribution < 1.29 is 9.63 Å². The van der Waals surface area contributed by atoms with Gasteiger partial charge in [0.25, 0.3) is 0 Å². The third-order valence-electron chi connectivity index (χ3n) is 1.62. The highest BCUT2D eigenvalue weighted by Crippen LogP contribution is 2.10. The number of nitrogens with zero attached hydrogens (tertiary/aromatic N) is 1. The normalized spacial score (nSPS) is 10.4. The van der Waals surface area contributed by atoms with E-state index < -0.39 is 0 Å². The number of carbonyl (C=O) groups excluding carboxylic acids is 1. The van der Waals surface area contributed by atoms with Gasteiger partial charge in [0, 0.05) is 17.0 Å². The summed E-state index contributed by atoms with van der Waals surface area (Å²) < 4.78 is 0. The number of ketones is 1. The first kappa shape index (κ1) is 10.7. The second kappa shape index (κ2) is 5.40. The number of rotatable bonds is 4. The Morgan fingerprint density at radius 2 is 2.14 bits per heavy atom. The average Bonchev–Trinajstić information content (AvgIpc) is 2.19. The molecule has 0 saturated heterocycles. The third kappa shape index (κ3) is 3.18. The highest BCUT2D eigenvalue weighted by molar-refractivity contribution is 6.30. The zero-order valence-corrected chi connectivity index (χ0v) is 8.49. The molecule has 0 atom stereocenters. The molecule has 4 heteroatoms. The maximum absolute atomic E-state index is 11.4. The van der Waals surface area contributed by atoms with E-state index in [0.29, 0.717) is 10.6 Å². The summed E-state index contributed by atoms with van der Waals surface area (Å²) in [6, 6.07) is 6.74. The summed E-state index contributed by atoms with van der Waals surface area (Å²) in [4.78, 5) is 15.9. The van der Waals surface area contributed by atoms with E-state index in [-0.39, 0.29) is 12.2 Å². The molecule has 1 aromatic rings. The van der Waals surface area contributed by atoms with Crippen LogP contribution in [0.2, 0.25) is 5.02 Å². The van der Waals surface area contributed by atoms with E-state index in [1.165, 1.54) is 13.3 Å². The molecule has 1 aromatic carbocycles. The van der Waals surface area contributed by atoms with Crippen LogP contribution in [0.1, 0.15) is 16.8 Å². The topological polar surface area (TPSA) is 38.7 Å². The number of halogens is 1. The second-order valence-corrected chi connectivity index (χ2v) is 3.04. The summed E-state index contributed by atoms with van der Waals surface area (Å²) in [5.41, 5.74) is 0.622. The minimum atomic E-state index is -0.0116. The van der Waals surface area contributed by atoms with Crippen LogP contribution in [-0.4, -0.2) is 19.1 Å². The predicted octanol–water partition coefficient (Wildman–Crippen LogP) is 2.55. The van der Waals surface area contributed by atoms with E-state index in [1.54, 1.807) is 24.3 Å². The van der Waals surface area contributed by atoms with Gasteiger partial charge in [-0.15, -0.1) is 0 Å². The van der Waals surface area contributed by atoms with Crippen molar-refractivity contribution in [3.63, 3.8) is 0 Å². The lowest BCUT2D eigenvalue weighted by atomic mass is 10.1. The van der Waals surface area contributed by atoms with Gasteiger partial charge >= 0.3 is 0 Å². The minimum Gasteiger partial charge on any atom is -0.399 e. The number of carbonyl (C=O) groups is 1. The Morgan fingerprint density at radius 1 is 1.50 bits per heavy atom. The van der Waals surface area contributed by atoms with Gasteiger partial charge in [0.2, 0.25) is 0 Å². The Bertz CT molecular complexity index is 332. The molecule has 0 saturated carbocycles. The molecule has 0 spiro atoms. The Kier molecular flexibility index (Phi) is 4.13. The fraction of sp³-hybridized carbons (Fsp3) is 0.200. The van der Waals surface area contributed by atoms with Gasteiger partial charge in [-0.25, -0.2) is 0 Å². The van der Waals surface area contributed by atoms with Gasteiger partial charge in [0.15, 0.2) is 5.78 Å². The van der Waals surface area contributed by atoms with Crippen molar-refractivity contribution in [3.05, 3.63) is 34.9 Å². The van der Waals surface area contributed by atoms with Gasteiger partial charge in [-0.05, 0) is 24.3 Å². The van der Waals surface area contributed by atoms with Crippen LogP contribution in [-0.2, 0) is 4.84 Å². The quantitative estimate of drug-likeness (QED) is 0.436. The van der Waals surface area contributed by atoms with Crippen molar-refractivity contribution in [3.8, 4) is 0 Å². The van der Waals surface area contributed by atoms with Gasteiger partial charge in [-0.3, -0.25) is 4.79 Å². The second-order valence-electron chi connectivity index (χ2n) is 2.60. The van der Waals surface area contributed by atoms with Crippen LogP contribution < -0.4 is 0 Å². The smallest absolute Gasteiger partial charge is 0.168 e. The van der Waals surface area contributed by atoms with Crippen LogP contribution in [0.15, 0.2) is 29.4 Å². The highest BCUT2D eigenvalue weighted by atomic mass is 35.5. The number of benzene rings is 1. The van der Waals surface area contributed by atoms with E-state index in [0.717, 1.165) is 0 Å². The maximum Gasteiger partial charge on any atom is 0.168 e. The number of Topliss-reactive ketones (excluding diaryl/α,β-unsaturated/α-hetero) is 1. The van der Waals surface area contributed by atoms with Crippen LogP contribution >= 0.6 is 11.6 Å². The molecular weight excluding hydrogens is 202 g/mol. The highest BCUT2D eigenvalue weighted by Gasteiger charge is 2.02. The Labute approximate surface area is 87.3 Å². The van der Waals surface area contributed by atoms with E-state index in [2.05, 4.69) is 9.99 Å². The molecule has 3 nitrogen and oxygen atoms in total. The lowest BCUT2D eigenvalue weighted by Gasteiger charge is -1.96. The molecule has 74 valence electrons. The first-order valence-corrected chi connectivity index (χ1v) is 4.45. The first-order chi connectivity index (χ1) is 6.74. The lowest BCUT2D eigenvalue weighted by Crippen LogP contribution is -1.99. The van der Waals surface area contributed by atoms with Crippen molar-refractivity contribution in [1.29, 1.82) is 0 Å². The Hall–Kier alpha value is -1.35. The van der Waals surface area contributed by atoms with E-state index in [9.17, 15) is 4.79 Å². The maximum atomic E-state index is 11.4. The van der Waals surface area contributed by atoms with Gasteiger partial charge in [-0.1, -0.05) is 16.8 Å². The van der Waals surface area contributed by atoms with Crippen molar-refractivity contribution >= 4 is 23.6 Å². The van der Waals surface area contributed by atoms with E-state index in [4.69, 9.17) is 11.6 Å². The minimum absolute atomic E-state index is 0.0116. The summed E-state index contributed by atoms with van der Waals surface area (Å²) in [5.74, 6) is -0.0116. The third-order valence-corrected chi connectivity index (χ3v) is 1.87. The summed E-state index contributed by atoms with van der Waals surface area (Å²) in [6.45, 7) is 0. The van der Waals surface area contributed by atoms with Crippen LogP contribution in [0, 0.1) is 0 Å². The van der Waals surface area contributed by atoms with Crippen molar-refractivity contribution in [2.45, 2.75) is 6.42 Å². The number of hydrogen-bond acceptors (Lipinski definition) is 3. The zero-order chi connectivity index (χ0) is 10.4. The standard InChI is InChI=1S/C10H10ClNO2/c1-14-12-7-6-10(13)8-2-4-9(11)5-3-8/h2-5,7H,6H2,1H3/b12-7-.